The topological polar surface area (TPSA) is 77.2 Å². The molecule has 0 aliphatic carbocycles. The minimum atomic E-state index is -3.11. The Morgan fingerprint density at radius 3 is 2.70 bits per heavy atom. The Morgan fingerprint density at radius 2 is 2.20 bits per heavy atom. The summed E-state index contributed by atoms with van der Waals surface area (Å²) in [6, 6.07) is 3.26. The molecule has 1 atom stereocenters. The molecule has 0 fully saturated rings. The molecular formula is C11H17Cl2F2N3O2. The molecule has 0 aromatic carbocycles. The van der Waals surface area contributed by atoms with Gasteiger partial charge in [-0.05, 0) is 19.1 Å². The van der Waals surface area contributed by atoms with Gasteiger partial charge in [-0.15, -0.1) is 24.8 Å². The van der Waals surface area contributed by atoms with Crippen LogP contribution in [0.1, 0.15) is 6.92 Å². The van der Waals surface area contributed by atoms with Gasteiger partial charge >= 0.3 is 0 Å². The van der Waals surface area contributed by atoms with Gasteiger partial charge in [0.15, 0.2) is 6.10 Å². The zero-order valence-corrected chi connectivity index (χ0v) is 12.3. The summed E-state index contributed by atoms with van der Waals surface area (Å²) in [5.41, 5.74) is 4.85. The Morgan fingerprint density at radius 1 is 1.55 bits per heavy atom. The molecule has 0 spiro atoms. The molecule has 0 bridgehead atoms. The predicted octanol–water partition coefficient (Wildman–Crippen LogP) is 1.40. The van der Waals surface area contributed by atoms with Gasteiger partial charge in [0.2, 0.25) is 0 Å². The number of pyridine rings is 1. The fourth-order valence-electron chi connectivity index (χ4n) is 1.11. The van der Waals surface area contributed by atoms with E-state index >= 15 is 0 Å². The highest BCUT2D eigenvalue weighted by Crippen LogP contribution is 2.11. The molecule has 3 N–H and O–H groups in total. The first-order valence-electron chi connectivity index (χ1n) is 5.37. The summed E-state index contributed by atoms with van der Waals surface area (Å²) in [5.74, 6) is -3.35. The summed E-state index contributed by atoms with van der Waals surface area (Å²) in [4.78, 5) is 15.3. The number of ether oxygens (including phenoxy) is 1. The highest BCUT2D eigenvalue weighted by molar-refractivity contribution is 5.85. The van der Waals surface area contributed by atoms with Gasteiger partial charge in [0.05, 0.1) is 19.3 Å². The molecular weight excluding hydrogens is 315 g/mol. The van der Waals surface area contributed by atoms with Crippen LogP contribution in [0.15, 0.2) is 24.5 Å². The molecule has 1 rings (SSSR count). The maximum absolute atomic E-state index is 12.8. The molecule has 0 aliphatic heterocycles. The number of hydrogen-bond acceptors (Lipinski definition) is 4. The highest BCUT2D eigenvalue weighted by atomic mass is 35.5. The molecule has 9 heteroatoms. The SMILES string of the molecule is CC(Oc1cccnc1)C(=O)NCC(F)(F)CN.Cl.Cl. The standard InChI is InChI=1S/C11H15F2N3O2.2ClH/c1-8(18-9-3-2-4-15-5-9)10(17)16-7-11(12,13)6-14;;/h2-5,8H,6-7,14H2,1H3,(H,16,17);2*1H. The van der Waals surface area contributed by atoms with Crippen molar-refractivity contribution in [3.05, 3.63) is 24.5 Å². The van der Waals surface area contributed by atoms with Crippen molar-refractivity contribution in [2.45, 2.75) is 19.0 Å². The molecule has 1 amide bonds. The van der Waals surface area contributed by atoms with Crippen molar-refractivity contribution in [1.29, 1.82) is 0 Å². The smallest absolute Gasteiger partial charge is 0.277 e. The number of carbonyl (C=O) groups excluding carboxylic acids is 1. The van der Waals surface area contributed by atoms with Gasteiger partial charge in [0.25, 0.3) is 11.8 Å². The number of rotatable bonds is 6. The van der Waals surface area contributed by atoms with Gasteiger partial charge < -0.3 is 15.8 Å². The molecule has 1 unspecified atom stereocenters. The summed E-state index contributed by atoms with van der Waals surface area (Å²) < 4.78 is 30.9. The van der Waals surface area contributed by atoms with Gasteiger partial charge in [0, 0.05) is 6.20 Å². The second-order valence-corrected chi connectivity index (χ2v) is 3.73. The van der Waals surface area contributed by atoms with Crippen molar-refractivity contribution in [1.82, 2.24) is 10.3 Å². The first-order chi connectivity index (χ1) is 8.44. The van der Waals surface area contributed by atoms with Crippen LogP contribution in [0.5, 0.6) is 5.75 Å². The number of nitrogens with two attached hydrogens (primary N) is 1. The van der Waals surface area contributed by atoms with Crippen LogP contribution in [-0.4, -0.2) is 36.0 Å². The average Bonchev–Trinajstić information content (AvgIpc) is 2.37. The zero-order valence-electron chi connectivity index (χ0n) is 10.7. The molecule has 5 nitrogen and oxygen atoms in total. The lowest BCUT2D eigenvalue weighted by Crippen LogP contribution is -2.45. The first-order valence-corrected chi connectivity index (χ1v) is 5.37. The summed E-state index contributed by atoms with van der Waals surface area (Å²) >= 11 is 0. The third-order valence-electron chi connectivity index (χ3n) is 2.14. The van der Waals surface area contributed by atoms with E-state index < -0.39 is 31.0 Å². The molecule has 116 valence electrons. The van der Waals surface area contributed by atoms with Crippen LogP contribution in [0.4, 0.5) is 8.78 Å². The number of nitrogens with one attached hydrogen (secondary N) is 1. The fourth-order valence-corrected chi connectivity index (χ4v) is 1.11. The monoisotopic (exact) mass is 331 g/mol. The molecule has 0 saturated carbocycles. The third kappa shape index (κ3) is 7.42. The number of nitrogens with zero attached hydrogens (tertiary/aromatic N) is 1. The maximum atomic E-state index is 12.8. The van der Waals surface area contributed by atoms with E-state index in [4.69, 9.17) is 10.5 Å². The van der Waals surface area contributed by atoms with E-state index in [9.17, 15) is 13.6 Å². The first kappa shape index (κ1) is 21.1. The van der Waals surface area contributed by atoms with E-state index in [0.717, 1.165) is 0 Å². The van der Waals surface area contributed by atoms with Gasteiger partial charge in [-0.25, -0.2) is 8.78 Å². The van der Waals surface area contributed by atoms with E-state index in [1.807, 2.05) is 0 Å². The Bertz CT molecular complexity index is 397. The number of halogens is 4. The van der Waals surface area contributed by atoms with E-state index in [1.165, 1.54) is 13.1 Å². The van der Waals surface area contributed by atoms with Crippen LogP contribution in [-0.2, 0) is 4.79 Å². The van der Waals surface area contributed by atoms with Crippen LogP contribution in [0, 0.1) is 0 Å². The summed E-state index contributed by atoms with van der Waals surface area (Å²) in [6.07, 6.45) is 2.10. The van der Waals surface area contributed by atoms with Crippen LogP contribution in [0.2, 0.25) is 0 Å². The van der Waals surface area contributed by atoms with Crippen molar-refractivity contribution in [3.8, 4) is 5.75 Å². The van der Waals surface area contributed by atoms with Crippen molar-refractivity contribution < 1.29 is 18.3 Å². The maximum Gasteiger partial charge on any atom is 0.277 e. The largest absolute Gasteiger partial charge is 0.479 e. The molecule has 1 aromatic rings. The average molecular weight is 332 g/mol. The minimum Gasteiger partial charge on any atom is -0.479 e. The highest BCUT2D eigenvalue weighted by Gasteiger charge is 2.28. The van der Waals surface area contributed by atoms with E-state index in [1.54, 1.807) is 18.3 Å². The molecule has 1 heterocycles. The Balaban J connectivity index is 0. The van der Waals surface area contributed by atoms with Crippen LogP contribution < -0.4 is 15.8 Å². The summed E-state index contributed by atoms with van der Waals surface area (Å²) in [5, 5.41) is 2.08. The van der Waals surface area contributed by atoms with Gasteiger partial charge in [0.1, 0.15) is 5.75 Å². The van der Waals surface area contributed by atoms with Crippen molar-refractivity contribution in [3.63, 3.8) is 0 Å². The zero-order chi connectivity index (χ0) is 13.6. The molecule has 0 saturated heterocycles. The summed E-state index contributed by atoms with van der Waals surface area (Å²) in [7, 11) is 0. The van der Waals surface area contributed by atoms with Gasteiger partial charge in [-0.3, -0.25) is 9.78 Å². The lowest BCUT2D eigenvalue weighted by molar-refractivity contribution is -0.129. The van der Waals surface area contributed by atoms with Crippen molar-refractivity contribution in [2.75, 3.05) is 13.1 Å². The van der Waals surface area contributed by atoms with Crippen LogP contribution >= 0.6 is 24.8 Å². The lowest BCUT2D eigenvalue weighted by atomic mass is 10.3. The number of amides is 1. The van der Waals surface area contributed by atoms with Crippen LogP contribution in [0.3, 0.4) is 0 Å². The molecule has 0 aliphatic rings. The van der Waals surface area contributed by atoms with E-state index in [2.05, 4.69) is 10.3 Å². The number of alkyl halides is 2. The Hall–Kier alpha value is -1.18. The Kier molecular flexibility index (Phi) is 10.2. The number of hydrogen-bond donors (Lipinski definition) is 2. The van der Waals surface area contributed by atoms with Crippen LogP contribution in [0.25, 0.3) is 0 Å². The summed E-state index contributed by atoms with van der Waals surface area (Å²) in [6.45, 7) is -0.156. The lowest BCUT2D eigenvalue weighted by Gasteiger charge is -2.18. The van der Waals surface area contributed by atoms with Crippen molar-refractivity contribution in [2.24, 2.45) is 5.73 Å². The van der Waals surface area contributed by atoms with Gasteiger partial charge in [-0.2, -0.15) is 0 Å². The predicted molar refractivity (Wildman–Crippen MR) is 75.8 cm³/mol. The van der Waals surface area contributed by atoms with E-state index in [-0.39, 0.29) is 24.8 Å². The quantitative estimate of drug-likeness (QED) is 0.826. The number of carbonyl (C=O) groups is 1. The third-order valence-corrected chi connectivity index (χ3v) is 2.14. The molecule has 1 aromatic heterocycles. The molecule has 0 radical (unpaired) electrons. The number of aromatic nitrogens is 1. The molecule has 20 heavy (non-hydrogen) atoms. The minimum absolute atomic E-state index is 0. The normalized spacial score (nSPS) is 11.6. The second kappa shape index (κ2) is 9.68. The van der Waals surface area contributed by atoms with E-state index in [0.29, 0.717) is 5.75 Å². The Labute approximate surface area is 128 Å². The van der Waals surface area contributed by atoms with Gasteiger partial charge in [-0.1, -0.05) is 0 Å². The fraction of sp³-hybridized carbons (Fsp3) is 0.455. The second-order valence-electron chi connectivity index (χ2n) is 3.73. The van der Waals surface area contributed by atoms with Crippen molar-refractivity contribution >= 4 is 30.7 Å².